The van der Waals surface area contributed by atoms with Crippen molar-refractivity contribution in [1.29, 1.82) is 0 Å². The number of hydrogen-bond acceptors (Lipinski definition) is 4. The minimum absolute atomic E-state index is 0.289. The molecule has 15 heavy (non-hydrogen) atoms. The second kappa shape index (κ2) is 3.62. The molecule has 0 spiro atoms. The summed E-state index contributed by atoms with van der Waals surface area (Å²) in [7, 11) is 0. The molecule has 0 heterocycles. The normalized spacial score (nSPS) is 20.3. The average Bonchev–Trinajstić information content (AvgIpc) is 2.14. The fourth-order valence-corrected chi connectivity index (χ4v) is 1.64. The molecule has 0 radical (unpaired) electrons. The van der Waals surface area contributed by atoms with Crippen LogP contribution in [0.1, 0.15) is 20.8 Å². The van der Waals surface area contributed by atoms with Crippen molar-refractivity contribution in [2.45, 2.75) is 20.8 Å². The van der Waals surface area contributed by atoms with Crippen LogP contribution in [0.4, 0.5) is 0 Å². The van der Waals surface area contributed by atoms with Gasteiger partial charge in [-0.1, -0.05) is 6.08 Å². The van der Waals surface area contributed by atoms with Crippen LogP contribution in [0.15, 0.2) is 23.0 Å². The lowest BCUT2D eigenvalue weighted by Crippen LogP contribution is -2.33. The van der Waals surface area contributed by atoms with Gasteiger partial charge in [0.1, 0.15) is 17.9 Å². The first-order chi connectivity index (χ1) is 6.81. The number of carbonyl (C=O) groups excluding carboxylic acids is 2. The van der Waals surface area contributed by atoms with Crippen LogP contribution < -0.4 is 0 Å². The van der Waals surface area contributed by atoms with Gasteiger partial charge in [-0.05, 0) is 26.3 Å². The fourth-order valence-electron chi connectivity index (χ4n) is 1.64. The molecule has 0 aliphatic heterocycles. The van der Waals surface area contributed by atoms with Gasteiger partial charge in [0.25, 0.3) is 0 Å². The third kappa shape index (κ3) is 1.85. The maximum absolute atomic E-state index is 11.8. The van der Waals surface area contributed by atoms with Crippen LogP contribution in [-0.4, -0.2) is 28.4 Å². The van der Waals surface area contributed by atoms with Gasteiger partial charge in [0, 0.05) is 5.41 Å². The Morgan fingerprint density at radius 1 is 1.47 bits per heavy atom. The number of aliphatic hydroxyl groups excluding tert-OH is 2. The van der Waals surface area contributed by atoms with Crippen molar-refractivity contribution in [3.05, 3.63) is 23.0 Å². The summed E-state index contributed by atoms with van der Waals surface area (Å²) in [5.74, 6) is -1.51. The third-order valence-corrected chi connectivity index (χ3v) is 2.42. The fraction of sp³-hybridized carbons (Fsp3) is 0.455. The Hall–Kier alpha value is -1.42. The average molecular weight is 210 g/mol. The molecule has 0 aromatic heterocycles. The number of Topliss-reactive ketones (excluding diaryl/α,β-unsaturated/α-hetero) is 2. The van der Waals surface area contributed by atoms with E-state index in [2.05, 4.69) is 0 Å². The van der Waals surface area contributed by atoms with Crippen molar-refractivity contribution in [1.82, 2.24) is 0 Å². The summed E-state index contributed by atoms with van der Waals surface area (Å²) < 4.78 is 0. The van der Waals surface area contributed by atoms with E-state index in [1.165, 1.54) is 0 Å². The summed E-state index contributed by atoms with van der Waals surface area (Å²) in [6.07, 6.45) is 1.61. The molecule has 0 fully saturated rings. The number of rotatable bonds is 2. The monoisotopic (exact) mass is 210 g/mol. The number of carbonyl (C=O) groups is 2. The predicted octanol–water partition coefficient (Wildman–Crippen LogP) is 0.915. The summed E-state index contributed by atoms with van der Waals surface area (Å²) >= 11 is 0. The highest BCUT2D eigenvalue weighted by molar-refractivity contribution is 6.24. The molecule has 0 atom stereocenters. The van der Waals surface area contributed by atoms with E-state index >= 15 is 0 Å². The van der Waals surface area contributed by atoms with Gasteiger partial charge in [0.2, 0.25) is 0 Å². The summed E-state index contributed by atoms with van der Waals surface area (Å²) in [5.41, 5.74) is -0.616. The van der Waals surface area contributed by atoms with E-state index in [0.717, 1.165) is 0 Å². The van der Waals surface area contributed by atoms with E-state index in [9.17, 15) is 14.7 Å². The molecule has 0 aromatic carbocycles. The minimum Gasteiger partial charge on any atom is -0.507 e. The molecule has 0 bridgehead atoms. The molecule has 82 valence electrons. The molecule has 1 aliphatic rings. The van der Waals surface area contributed by atoms with E-state index in [0.29, 0.717) is 5.57 Å². The zero-order valence-electron chi connectivity index (χ0n) is 9.00. The Kier molecular flexibility index (Phi) is 2.81. The largest absolute Gasteiger partial charge is 0.507 e. The highest BCUT2D eigenvalue weighted by Gasteiger charge is 2.37. The van der Waals surface area contributed by atoms with Crippen LogP contribution in [0.2, 0.25) is 0 Å². The van der Waals surface area contributed by atoms with E-state index in [1.807, 2.05) is 0 Å². The van der Waals surface area contributed by atoms with Gasteiger partial charge in [-0.15, -0.1) is 0 Å². The molecule has 1 aliphatic carbocycles. The van der Waals surface area contributed by atoms with E-state index < -0.39 is 23.6 Å². The second-order valence-corrected chi connectivity index (χ2v) is 4.18. The molecule has 4 nitrogen and oxygen atoms in total. The maximum Gasteiger partial charge on any atom is 0.195 e. The van der Waals surface area contributed by atoms with Crippen molar-refractivity contribution in [3.63, 3.8) is 0 Å². The van der Waals surface area contributed by atoms with Crippen molar-refractivity contribution >= 4 is 11.6 Å². The van der Waals surface area contributed by atoms with Crippen LogP contribution in [0.5, 0.6) is 0 Å². The second-order valence-electron chi connectivity index (χ2n) is 4.18. The highest BCUT2D eigenvalue weighted by atomic mass is 16.3. The lowest BCUT2D eigenvalue weighted by molar-refractivity contribution is -0.126. The van der Waals surface area contributed by atoms with Crippen molar-refractivity contribution in [2.24, 2.45) is 5.41 Å². The molecular formula is C11H14O4. The Balaban J connectivity index is 3.33. The number of aliphatic hydroxyl groups is 2. The predicted molar refractivity (Wildman–Crippen MR) is 54.3 cm³/mol. The van der Waals surface area contributed by atoms with Crippen molar-refractivity contribution < 1.29 is 19.8 Å². The van der Waals surface area contributed by atoms with Gasteiger partial charge in [-0.25, -0.2) is 0 Å². The molecule has 0 unspecified atom stereocenters. The Labute approximate surface area is 87.9 Å². The van der Waals surface area contributed by atoms with Crippen LogP contribution in [0.25, 0.3) is 0 Å². The Morgan fingerprint density at radius 2 is 2.00 bits per heavy atom. The summed E-state index contributed by atoms with van der Waals surface area (Å²) in [5, 5.41) is 18.3. The zero-order chi connectivity index (χ0) is 11.8. The lowest BCUT2D eigenvalue weighted by atomic mass is 9.76. The quantitative estimate of drug-likeness (QED) is 0.664. The van der Waals surface area contributed by atoms with Crippen LogP contribution in [0.3, 0.4) is 0 Å². The van der Waals surface area contributed by atoms with Crippen molar-refractivity contribution in [2.75, 3.05) is 6.61 Å². The summed E-state index contributed by atoms with van der Waals surface area (Å²) in [4.78, 5) is 23.1. The number of ketones is 2. The highest BCUT2D eigenvalue weighted by Crippen LogP contribution is 2.33. The van der Waals surface area contributed by atoms with Gasteiger partial charge in [0.05, 0.1) is 0 Å². The Morgan fingerprint density at radius 3 is 2.47 bits per heavy atom. The van der Waals surface area contributed by atoms with E-state index in [4.69, 9.17) is 5.11 Å². The zero-order valence-corrected chi connectivity index (χ0v) is 9.00. The van der Waals surface area contributed by atoms with Crippen LogP contribution in [0, 0.1) is 5.41 Å². The first-order valence-corrected chi connectivity index (χ1v) is 4.63. The van der Waals surface area contributed by atoms with E-state index in [1.54, 1.807) is 26.8 Å². The number of hydrogen-bond donors (Lipinski definition) is 2. The molecular weight excluding hydrogens is 196 g/mol. The first kappa shape index (κ1) is 11.7. The lowest BCUT2D eigenvalue weighted by Gasteiger charge is -2.26. The maximum atomic E-state index is 11.8. The van der Waals surface area contributed by atoms with Gasteiger partial charge in [0.15, 0.2) is 11.6 Å². The molecule has 1 rings (SSSR count). The van der Waals surface area contributed by atoms with Gasteiger partial charge in [-0.2, -0.15) is 0 Å². The van der Waals surface area contributed by atoms with Gasteiger partial charge >= 0.3 is 0 Å². The standard InChI is InChI=1S/C11H14O4/c1-6-4-11(2,3)10(15)8(9(6)14)7(13)5-12/h4,12,14H,5H2,1-3H3. The van der Waals surface area contributed by atoms with Gasteiger partial charge in [-0.3, -0.25) is 9.59 Å². The first-order valence-electron chi connectivity index (χ1n) is 4.63. The molecule has 0 aromatic rings. The van der Waals surface area contributed by atoms with E-state index in [-0.39, 0.29) is 11.3 Å². The molecule has 0 saturated heterocycles. The van der Waals surface area contributed by atoms with Crippen LogP contribution >= 0.6 is 0 Å². The molecule has 2 N–H and O–H groups in total. The van der Waals surface area contributed by atoms with Crippen LogP contribution in [-0.2, 0) is 9.59 Å². The SMILES string of the molecule is CC1=CC(C)(C)C(=O)C(C(=O)CO)=C1O. The molecule has 0 amide bonds. The minimum atomic E-state index is -0.809. The smallest absolute Gasteiger partial charge is 0.195 e. The topological polar surface area (TPSA) is 74.6 Å². The summed E-state index contributed by atoms with van der Waals surface area (Å²) in [6.45, 7) is 4.18. The summed E-state index contributed by atoms with van der Waals surface area (Å²) in [6, 6.07) is 0. The van der Waals surface area contributed by atoms with Gasteiger partial charge < -0.3 is 10.2 Å². The Bertz CT molecular complexity index is 385. The number of allylic oxidation sites excluding steroid dienone is 2. The third-order valence-electron chi connectivity index (χ3n) is 2.42. The van der Waals surface area contributed by atoms with Crippen molar-refractivity contribution in [3.8, 4) is 0 Å². The molecule has 4 heteroatoms. The molecule has 0 saturated carbocycles.